The topological polar surface area (TPSA) is 125 Å². The molecule has 4 aromatic heterocycles. The first-order valence-corrected chi connectivity index (χ1v) is 7.57. The highest BCUT2D eigenvalue weighted by Gasteiger charge is 2.19. The van der Waals surface area contributed by atoms with E-state index >= 15 is 0 Å². The largest absolute Gasteiger partial charge is 0.431 e. The lowest BCUT2D eigenvalue weighted by atomic mass is 10.2. The molecule has 1 amide bonds. The van der Waals surface area contributed by atoms with Gasteiger partial charge in [0.1, 0.15) is 18.3 Å². The Labute approximate surface area is 147 Å². The molecule has 4 heterocycles. The number of pyridine rings is 1. The van der Waals surface area contributed by atoms with E-state index < -0.39 is 5.91 Å². The number of hydrogen-bond acceptors (Lipinski definition) is 8. The zero-order valence-corrected chi connectivity index (χ0v) is 13.6. The predicted octanol–water partition coefficient (Wildman–Crippen LogP) is 1.67. The quantitative estimate of drug-likeness (QED) is 0.590. The Morgan fingerprint density at radius 2 is 2.12 bits per heavy atom. The van der Waals surface area contributed by atoms with Crippen molar-refractivity contribution in [3.8, 4) is 17.2 Å². The average Bonchev–Trinajstić information content (AvgIpc) is 3.32. The maximum absolute atomic E-state index is 12.5. The van der Waals surface area contributed by atoms with Gasteiger partial charge < -0.3 is 4.42 Å². The van der Waals surface area contributed by atoms with Crippen LogP contribution in [0.5, 0.6) is 0 Å². The molecule has 0 saturated heterocycles. The molecule has 0 atom stereocenters. The summed E-state index contributed by atoms with van der Waals surface area (Å²) in [7, 11) is 0. The summed E-state index contributed by atoms with van der Waals surface area (Å²) in [6.07, 6.45) is 8.83. The van der Waals surface area contributed by atoms with Crippen molar-refractivity contribution in [2.45, 2.75) is 6.92 Å². The molecule has 0 aliphatic carbocycles. The Bertz CT molecular complexity index is 1060. The third kappa shape index (κ3) is 2.90. The number of oxazole rings is 1. The molecule has 4 rings (SSSR count). The Morgan fingerprint density at radius 3 is 2.92 bits per heavy atom. The summed E-state index contributed by atoms with van der Waals surface area (Å²) >= 11 is 0. The highest BCUT2D eigenvalue weighted by atomic mass is 16.4. The molecule has 0 aromatic carbocycles. The van der Waals surface area contributed by atoms with Gasteiger partial charge in [0.2, 0.25) is 5.82 Å². The second-order valence-electron chi connectivity index (χ2n) is 5.22. The summed E-state index contributed by atoms with van der Waals surface area (Å²) in [5.41, 5.74) is 2.15. The second-order valence-corrected chi connectivity index (χ2v) is 5.22. The molecule has 128 valence electrons. The van der Waals surface area contributed by atoms with E-state index in [0.29, 0.717) is 17.2 Å². The number of aromatic nitrogens is 7. The van der Waals surface area contributed by atoms with Gasteiger partial charge in [-0.1, -0.05) is 6.07 Å². The third-order valence-corrected chi connectivity index (χ3v) is 3.49. The smallest absolute Gasteiger partial charge is 0.302 e. The van der Waals surface area contributed by atoms with Gasteiger partial charge in [-0.3, -0.25) is 20.1 Å². The van der Waals surface area contributed by atoms with Crippen LogP contribution in [0.25, 0.3) is 17.2 Å². The minimum Gasteiger partial charge on any atom is -0.431 e. The highest BCUT2D eigenvalue weighted by molar-refractivity contribution is 6.00. The van der Waals surface area contributed by atoms with Crippen LogP contribution in [0, 0.1) is 6.92 Å². The van der Waals surface area contributed by atoms with E-state index in [2.05, 4.69) is 35.3 Å². The van der Waals surface area contributed by atoms with Crippen molar-refractivity contribution >= 4 is 11.9 Å². The summed E-state index contributed by atoms with van der Waals surface area (Å²) in [5.74, 6) is -0.147. The number of rotatable bonds is 4. The molecule has 0 saturated carbocycles. The van der Waals surface area contributed by atoms with Gasteiger partial charge in [-0.15, -0.1) is 0 Å². The van der Waals surface area contributed by atoms with Crippen LogP contribution in [0.3, 0.4) is 0 Å². The van der Waals surface area contributed by atoms with Gasteiger partial charge in [0.05, 0.1) is 11.9 Å². The molecule has 0 aliphatic rings. The molecule has 0 radical (unpaired) electrons. The van der Waals surface area contributed by atoms with Crippen molar-refractivity contribution in [2.24, 2.45) is 0 Å². The number of nitrogens with one attached hydrogen (secondary N) is 1. The number of carbonyl (C=O) groups is 1. The Hall–Kier alpha value is -3.95. The molecule has 0 fully saturated rings. The summed E-state index contributed by atoms with van der Waals surface area (Å²) in [5, 5.41) is 6.54. The number of amides is 1. The summed E-state index contributed by atoms with van der Waals surface area (Å²) < 4.78 is 6.59. The minimum absolute atomic E-state index is 0.0271. The van der Waals surface area contributed by atoms with Gasteiger partial charge >= 0.3 is 6.01 Å². The molecule has 0 aliphatic heterocycles. The zero-order valence-electron chi connectivity index (χ0n) is 13.6. The first kappa shape index (κ1) is 15.6. The van der Waals surface area contributed by atoms with Crippen LogP contribution in [0.4, 0.5) is 6.01 Å². The van der Waals surface area contributed by atoms with Crippen LogP contribution in [-0.4, -0.2) is 40.6 Å². The normalized spacial score (nSPS) is 10.7. The lowest BCUT2D eigenvalue weighted by Crippen LogP contribution is -2.19. The standard InChI is InChI=1S/C16H12N8O2/c1-10-3-2-4-19-13(10)11-8-26-16(22-11)23-15(25)14-20-9-21-24(14)12-7-17-5-6-18-12/h2-9H,1H3,(H,22,23,25). The molecular weight excluding hydrogens is 336 g/mol. The van der Waals surface area contributed by atoms with Gasteiger partial charge in [-0.25, -0.2) is 9.97 Å². The molecule has 26 heavy (non-hydrogen) atoms. The molecule has 0 bridgehead atoms. The van der Waals surface area contributed by atoms with E-state index in [9.17, 15) is 4.79 Å². The number of carbonyl (C=O) groups excluding carboxylic acids is 1. The van der Waals surface area contributed by atoms with Crippen molar-refractivity contribution in [3.05, 3.63) is 60.9 Å². The highest BCUT2D eigenvalue weighted by Crippen LogP contribution is 2.21. The van der Waals surface area contributed by atoms with Crippen molar-refractivity contribution in [3.63, 3.8) is 0 Å². The number of nitrogens with zero attached hydrogens (tertiary/aromatic N) is 7. The van der Waals surface area contributed by atoms with E-state index in [4.69, 9.17) is 4.42 Å². The van der Waals surface area contributed by atoms with Crippen molar-refractivity contribution < 1.29 is 9.21 Å². The van der Waals surface area contributed by atoms with E-state index in [0.717, 1.165) is 5.56 Å². The van der Waals surface area contributed by atoms with Crippen molar-refractivity contribution in [2.75, 3.05) is 5.32 Å². The zero-order chi connectivity index (χ0) is 17.9. The van der Waals surface area contributed by atoms with Gasteiger partial charge in [0.25, 0.3) is 5.91 Å². The number of aryl methyl sites for hydroxylation is 1. The van der Waals surface area contributed by atoms with Crippen LogP contribution in [0.1, 0.15) is 16.2 Å². The van der Waals surface area contributed by atoms with E-state index in [1.165, 1.54) is 35.9 Å². The van der Waals surface area contributed by atoms with E-state index in [-0.39, 0.29) is 11.8 Å². The van der Waals surface area contributed by atoms with Gasteiger partial charge in [0, 0.05) is 18.6 Å². The van der Waals surface area contributed by atoms with E-state index in [1.807, 2.05) is 19.1 Å². The lowest BCUT2D eigenvalue weighted by molar-refractivity contribution is 0.101. The number of anilines is 1. The van der Waals surface area contributed by atoms with Crippen molar-refractivity contribution in [1.29, 1.82) is 0 Å². The monoisotopic (exact) mass is 348 g/mol. The Kier molecular flexibility index (Phi) is 3.90. The second kappa shape index (κ2) is 6.51. The molecular formula is C16H12N8O2. The number of hydrogen-bond donors (Lipinski definition) is 1. The van der Waals surface area contributed by atoms with E-state index in [1.54, 1.807) is 6.20 Å². The third-order valence-electron chi connectivity index (χ3n) is 3.49. The SMILES string of the molecule is Cc1cccnc1-c1coc(NC(=O)c2ncnn2-c2cnccn2)n1. The molecule has 0 unspecified atom stereocenters. The van der Waals surface area contributed by atoms with Gasteiger partial charge in [0.15, 0.2) is 5.82 Å². The molecule has 0 spiro atoms. The van der Waals surface area contributed by atoms with Crippen LogP contribution in [-0.2, 0) is 0 Å². The maximum atomic E-state index is 12.5. The van der Waals surface area contributed by atoms with Gasteiger partial charge in [-0.05, 0) is 18.6 Å². The molecule has 1 N–H and O–H groups in total. The fraction of sp³-hybridized carbons (Fsp3) is 0.0625. The average molecular weight is 348 g/mol. The fourth-order valence-corrected chi connectivity index (χ4v) is 2.31. The maximum Gasteiger partial charge on any atom is 0.302 e. The lowest BCUT2D eigenvalue weighted by Gasteiger charge is -2.03. The van der Waals surface area contributed by atoms with Crippen LogP contribution in [0.2, 0.25) is 0 Å². The van der Waals surface area contributed by atoms with Crippen LogP contribution in [0.15, 0.2) is 53.9 Å². The van der Waals surface area contributed by atoms with Crippen LogP contribution >= 0.6 is 0 Å². The minimum atomic E-state index is -0.542. The predicted molar refractivity (Wildman–Crippen MR) is 89.4 cm³/mol. The summed E-state index contributed by atoms with van der Waals surface area (Å²) in [6, 6.07) is 3.78. The Balaban J connectivity index is 1.57. The van der Waals surface area contributed by atoms with Crippen molar-refractivity contribution in [1.82, 2.24) is 34.7 Å². The van der Waals surface area contributed by atoms with Crippen LogP contribution < -0.4 is 5.32 Å². The summed E-state index contributed by atoms with van der Waals surface area (Å²) in [6.45, 7) is 1.92. The van der Waals surface area contributed by atoms with Gasteiger partial charge in [-0.2, -0.15) is 14.8 Å². The first-order valence-electron chi connectivity index (χ1n) is 7.57. The molecule has 10 nitrogen and oxygen atoms in total. The Morgan fingerprint density at radius 1 is 1.19 bits per heavy atom. The summed E-state index contributed by atoms with van der Waals surface area (Å²) in [4.78, 5) is 33.0. The molecule has 4 aromatic rings. The fourth-order valence-electron chi connectivity index (χ4n) is 2.31. The first-order chi connectivity index (χ1) is 12.7. The molecule has 10 heteroatoms.